The Kier molecular flexibility index (Phi) is 5.61. The van der Waals surface area contributed by atoms with E-state index in [0.29, 0.717) is 5.92 Å². The molecule has 2 heterocycles. The van der Waals surface area contributed by atoms with E-state index in [1.165, 1.54) is 46.1 Å². The van der Waals surface area contributed by atoms with Crippen molar-refractivity contribution in [2.24, 2.45) is 0 Å². The van der Waals surface area contributed by atoms with Gasteiger partial charge in [0.25, 0.3) is 0 Å². The summed E-state index contributed by atoms with van der Waals surface area (Å²) in [7, 11) is 0. The van der Waals surface area contributed by atoms with E-state index in [0.717, 1.165) is 31.1 Å². The number of rotatable bonds is 5. The van der Waals surface area contributed by atoms with Gasteiger partial charge >= 0.3 is 0 Å². The summed E-state index contributed by atoms with van der Waals surface area (Å²) in [6.45, 7) is 3.41. The van der Waals surface area contributed by atoms with Crippen molar-refractivity contribution in [1.29, 1.82) is 0 Å². The Morgan fingerprint density at radius 2 is 1.63 bits per heavy atom. The number of hydrogen-bond acceptors (Lipinski definition) is 1. The molecule has 30 heavy (non-hydrogen) atoms. The van der Waals surface area contributed by atoms with Crippen LogP contribution < -0.4 is 0 Å². The summed E-state index contributed by atoms with van der Waals surface area (Å²) in [5, 5.41) is 2.22. The Balaban J connectivity index is 1.33. The molecule has 3 aromatic carbocycles. The van der Waals surface area contributed by atoms with Crippen molar-refractivity contribution in [2.75, 3.05) is 19.6 Å². The summed E-state index contributed by atoms with van der Waals surface area (Å²) >= 11 is 6.14. The van der Waals surface area contributed by atoms with Gasteiger partial charge in [-0.05, 0) is 73.2 Å². The highest BCUT2D eigenvalue weighted by atomic mass is 35.5. The van der Waals surface area contributed by atoms with Crippen LogP contribution in [0.25, 0.3) is 22.2 Å². The van der Waals surface area contributed by atoms with E-state index in [9.17, 15) is 0 Å². The number of hydrogen-bond donors (Lipinski definition) is 1. The fourth-order valence-electron chi connectivity index (χ4n) is 4.85. The molecule has 2 nitrogen and oxygen atoms in total. The molecule has 1 fully saturated rings. The normalized spacial score (nSPS) is 15.6. The van der Waals surface area contributed by atoms with Crippen LogP contribution in [0.15, 0.2) is 78.9 Å². The minimum absolute atomic E-state index is 0.596. The predicted octanol–water partition coefficient (Wildman–Crippen LogP) is 6.91. The molecular weight excluding hydrogens is 388 g/mol. The summed E-state index contributed by atoms with van der Waals surface area (Å²) in [6.07, 6.45) is 3.47. The highest BCUT2D eigenvalue weighted by Gasteiger charge is 2.26. The van der Waals surface area contributed by atoms with E-state index in [4.69, 9.17) is 11.6 Å². The zero-order valence-electron chi connectivity index (χ0n) is 17.2. The molecule has 0 saturated carbocycles. The van der Waals surface area contributed by atoms with Crippen LogP contribution in [-0.2, 0) is 6.42 Å². The molecule has 1 saturated heterocycles. The molecule has 4 aromatic rings. The van der Waals surface area contributed by atoms with Crippen LogP contribution in [-0.4, -0.2) is 29.5 Å². The lowest BCUT2D eigenvalue weighted by molar-refractivity contribution is 0.215. The molecule has 3 heteroatoms. The molecule has 1 N–H and O–H groups in total. The summed E-state index contributed by atoms with van der Waals surface area (Å²) in [5.41, 5.74) is 6.66. The molecule has 0 bridgehead atoms. The summed E-state index contributed by atoms with van der Waals surface area (Å²) in [5.74, 6) is 0.596. The molecule has 0 unspecified atom stereocenters. The first-order valence-corrected chi connectivity index (χ1v) is 11.3. The molecule has 1 aromatic heterocycles. The molecule has 0 amide bonds. The first-order valence-electron chi connectivity index (χ1n) is 10.9. The summed E-state index contributed by atoms with van der Waals surface area (Å²) in [6, 6.07) is 27.8. The highest BCUT2D eigenvalue weighted by Crippen LogP contribution is 2.40. The van der Waals surface area contributed by atoms with Crippen molar-refractivity contribution in [2.45, 2.75) is 25.2 Å². The largest absolute Gasteiger partial charge is 0.354 e. The summed E-state index contributed by atoms with van der Waals surface area (Å²) in [4.78, 5) is 6.32. The smallest absolute Gasteiger partial charge is 0.0500 e. The third kappa shape index (κ3) is 4.03. The van der Waals surface area contributed by atoms with Crippen molar-refractivity contribution in [3.05, 3.63) is 95.0 Å². The van der Waals surface area contributed by atoms with Crippen LogP contribution in [0, 0.1) is 0 Å². The van der Waals surface area contributed by atoms with Crippen LogP contribution in [0.5, 0.6) is 0 Å². The number of para-hydroxylation sites is 1. The lowest BCUT2D eigenvalue weighted by Gasteiger charge is -2.32. The minimum atomic E-state index is 0.596. The van der Waals surface area contributed by atoms with Crippen molar-refractivity contribution >= 4 is 22.5 Å². The maximum Gasteiger partial charge on any atom is 0.0500 e. The maximum absolute atomic E-state index is 6.14. The van der Waals surface area contributed by atoms with E-state index in [-0.39, 0.29) is 0 Å². The Morgan fingerprint density at radius 3 is 2.43 bits per heavy atom. The zero-order valence-corrected chi connectivity index (χ0v) is 17.9. The van der Waals surface area contributed by atoms with E-state index in [2.05, 4.69) is 76.6 Å². The maximum atomic E-state index is 6.14. The van der Waals surface area contributed by atoms with Crippen molar-refractivity contribution in [3.8, 4) is 11.3 Å². The van der Waals surface area contributed by atoms with Crippen LogP contribution >= 0.6 is 11.6 Å². The van der Waals surface area contributed by atoms with Gasteiger partial charge in [-0.3, -0.25) is 0 Å². The number of piperidine rings is 1. The van der Waals surface area contributed by atoms with E-state index in [1.54, 1.807) is 0 Å². The average Bonchev–Trinajstić information content (AvgIpc) is 3.18. The quantitative estimate of drug-likeness (QED) is 0.376. The third-order valence-corrected chi connectivity index (χ3v) is 6.65. The van der Waals surface area contributed by atoms with Crippen LogP contribution in [0.3, 0.4) is 0 Å². The van der Waals surface area contributed by atoms with Crippen molar-refractivity contribution < 1.29 is 0 Å². The molecule has 1 aliphatic rings. The third-order valence-electron chi connectivity index (χ3n) is 6.41. The number of nitrogens with one attached hydrogen (secondary N) is 1. The van der Waals surface area contributed by atoms with Gasteiger partial charge in [-0.2, -0.15) is 0 Å². The molecular formula is C27H27ClN2. The number of nitrogens with zero attached hydrogens (tertiary/aromatic N) is 1. The lowest BCUT2D eigenvalue weighted by Crippen LogP contribution is -2.34. The predicted molar refractivity (Wildman–Crippen MR) is 127 cm³/mol. The van der Waals surface area contributed by atoms with Gasteiger partial charge in [0.05, 0.1) is 0 Å². The van der Waals surface area contributed by atoms with Gasteiger partial charge in [-0.1, -0.05) is 72.3 Å². The first-order chi connectivity index (χ1) is 14.8. The number of aromatic amines is 1. The number of benzene rings is 3. The monoisotopic (exact) mass is 414 g/mol. The molecule has 0 atom stereocenters. The van der Waals surface area contributed by atoms with Crippen molar-refractivity contribution in [1.82, 2.24) is 9.88 Å². The summed E-state index contributed by atoms with van der Waals surface area (Å²) < 4.78 is 0. The molecule has 5 rings (SSSR count). The first kappa shape index (κ1) is 19.4. The Morgan fingerprint density at radius 1 is 0.867 bits per heavy atom. The average molecular weight is 415 g/mol. The number of H-pyrrole nitrogens is 1. The van der Waals surface area contributed by atoms with Gasteiger partial charge in [-0.15, -0.1) is 0 Å². The van der Waals surface area contributed by atoms with Gasteiger partial charge in [0, 0.05) is 28.2 Å². The van der Waals surface area contributed by atoms with Gasteiger partial charge in [0.1, 0.15) is 0 Å². The number of halogens is 1. The van der Waals surface area contributed by atoms with Crippen molar-refractivity contribution in [3.63, 3.8) is 0 Å². The Labute approximate surface area is 183 Å². The highest BCUT2D eigenvalue weighted by molar-refractivity contribution is 6.30. The SMILES string of the molecule is Clc1cccc(CCN2CCC(c3c(-c4ccccc4)[nH]c4ccccc34)CC2)c1. The molecule has 0 spiro atoms. The Bertz CT molecular complexity index is 1120. The second-order valence-corrected chi connectivity index (χ2v) is 8.76. The molecule has 0 radical (unpaired) electrons. The molecule has 1 aliphatic heterocycles. The second-order valence-electron chi connectivity index (χ2n) is 8.32. The van der Waals surface area contributed by atoms with Gasteiger partial charge in [0.2, 0.25) is 0 Å². The fraction of sp³-hybridized carbons (Fsp3) is 0.259. The topological polar surface area (TPSA) is 19.0 Å². The van der Waals surface area contributed by atoms with Crippen LogP contribution in [0.2, 0.25) is 5.02 Å². The van der Waals surface area contributed by atoms with Gasteiger partial charge < -0.3 is 9.88 Å². The zero-order chi connectivity index (χ0) is 20.3. The number of fused-ring (bicyclic) bond motifs is 1. The fourth-order valence-corrected chi connectivity index (χ4v) is 5.06. The number of likely N-dealkylation sites (tertiary alicyclic amines) is 1. The molecule has 152 valence electrons. The van der Waals surface area contributed by atoms with Gasteiger partial charge in [-0.25, -0.2) is 0 Å². The van der Waals surface area contributed by atoms with Crippen LogP contribution in [0.4, 0.5) is 0 Å². The van der Waals surface area contributed by atoms with E-state index in [1.807, 2.05) is 12.1 Å². The van der Waals surface area contributed by atoms with Gasteiger partial charge in [0.15, 0.2) is 0 Å². The Hall–Kier alpha value is -2.55. The number of aromatic nitrogens is 1. The van der Waals surface area contributed by atoms with E-state index < -0.39 is 0 Å². The molecule has 0 aliphatic carbocycles. The van der Waals surface area contributed by atoms with E-state index >= 15 is 0 Å². The standard InChI is InChI=1S/C27H27ClN2/c28-23-10-6-7-20(19-23)13-16-30-17-14-21(15-18-30)26-24-11-4-5-12-25(24)29-27(26)22-8-2-1-3-9-22/h1-12,19,21,29H,13-18H2. The minimum Gasteiger partial charge on any atom is -0.354 e. The lowest BCUT2D eigenvalue weighted by atomic mass is 9.86. The van der Waals surface area contributed by atoms with Crippen LogP contribution in [0.1, 0.15) is 29.9 Å². The second kappa shape index (κ2) is 8.67.